The van der Waals surface area contributed by atoms with E-state index in [4.69, 9.17) is 14.0 Å². The molecule has 0 aliphatic carbocycles. The average Bonchev–Trinajstić information content (AvgIpc) is 3.09. The number of rotatable bonds is 4. The standard InChI is InChI=1S/C21H24BFN2O4/c1-20(2)21(3,4)29-22(28-20)14-9-16(23)15(17(10-14)27-5)12-25-11-13-7-6-8-24-18(13)19(25)26/h6-10H,11-12H2,1-5H3. The van der Waals surface area contributed by atoms with Crippen molar-refractivity contribution in [1.29, 1.82) is 0 Å². The van der Waals surface area contributed by atoms with Crippen molar-refractivity contribution in [3.63, 3.8) is 0 Å². The molecule has 0 atom stereocenters. The first-order chi connectivity index (χ1) is 13.6. The van der Waals surface area contributed by atoms with Crippen LogP contribution in [0.15, 0.2) is 30.5 Å². The molecule has 0 spiro atoms. The minimum atomic E-state index is -0.695. The number of benzene rings is 1. The van der Waals surface area contributed by atoms with Crippen LogP contribution in [0.5, 0.6) is 5.75 Å². The van der Waals surface area contributed by atoms with Crippen LogP contribution in [0.25, 0.3) is 0 Å². The Morgan fingerprint density at radius 2 is 1.93 bits per heavy atom. The molecule has 152 valence electrons. The summed E-state index contributed by atoms with van der Waals surface area (Å²) in [6, 6.07) is 6.75. The van der Waals surface area contributed by atoms with Crippen molar-refractivity contribution in [2.75, 3.05) is 7.11 Å². The number of fused-ring (bicyclic) bond motifs is 1. The minimum absolute atomic E-state index is 0.0911. The van der Waals surface area contributed by atoms with Gasteiger partial charge in [0, 0.05) is 23.9 Å². The molecule has 2 aliphatic rings. The van der Waals surface area contributed by atoms with Crippen LogP contribution in [-0.2, 0) is 22.4 Å². The van der Waals surface area contributed by atoms with Gasteiger partial charge in [0.2, 0.25) is 0 Å². The summed E-state index contributed by atoms with van der Waals surface area (Å²) in [6.07, 6.45) is 1.58. The lowest BCUT2D eigenvalue weighted by Gasteiger charge is -2.32. The maximum absolute atomic E-state index is 15.1. The molecule has 0 saturated carbocycles. The predicted molar refractivity (Wildman–Crippen MR) is 106 cm³/mol. The predicted octanol–water partition coefficient (Wildman–Crippen LogP) is 2.68. The Labute approximate surface area is 170 Å². The van der Waals surface area contributed by atoms with Gasteiger partial charge in [0.25, 0.3) is 5.91 Å². The number of aromatic nitrogens is 1. The number of amides is 1. The van der Waals surface area contributed by atoms with Crippen molar-refractivity contribution in [2.45, 2.75) is 52.0 Å². The van der Waals surface area contributed by atoms with E-state index in [9.17, 15) is 4.79 Å². The zero-order chi connectivity index (χ0) is 21.0. The van der Waals surface area contributed by atoms with E-state index in [0.717, 1.165) is 5.56 Å². The molecule has 29 heavy (non-hydrogen) atoms. The van der Waals surface area contributed by atoms with E-state index >= 15 is 4.39 Å². The van der Waals surface area contributed by atoms with Gasteiger partial charge in [-0.1, -0.05) is 6.07 Å². The highest BCUT2D eigenvalue weighted by Gasteiger charge is 2.52. The van der Waals surface area contributed by atoms with E-state index in [0.29, 0.717) is 29.0 Å². The van der Waals surface area contributed by atoms with Gasteiger partial charge in [-0.05, 0) is 51.4 Å². The van der Waals surface area contributed by atoms with Crippen molar-refractivity contribution >= 4 is 18.5 Å². The second kappa shape index (κ2) is 6.81. The molecule has 1 aromatic heterocycles. The number of carbonyl (C=O) groups is 1. The van der Waals surface area contributed by atoms with Gasteiger partial charge in [-0.15, -0.1) is 0 Å². The molecule has 6 nitrogen and oxygen atoms in total. The Morgan fingerprint density at radius 3 is 2.55 bits per heavy atom. The van der Waals surface area contributed by atoms with E-state index in [1.54, 1.807) is 23.2 Å². The Morgan fingerprint density at radius 1 is 1.24 bits per heavy atom. The Kier molecular flexibility index (Phi) is 4.66. The summed E-state index contributed by atoms with van der Waals surface area (Å²) in [6.45, 7) is 8.26. The van der Waals surface area contributed by atoms with Crippen molar-refractivity contribution < 1.29 is 23.2 Å². The number of nitrogens with zero attached hydrogens (tertiary/aromatic N) is 2. The molecule has 0 N–H and O–H groups in total. The first kappa shape index (κ1) is 19.9. The fourth-order valence-electron chi connectivity index (χ4n) is 3.59. The number of carbonyl (C=O) groups excluding carboxylic acids is 1. The molecule has 0 unspecified atom stereocenters. The minimum Gasteiger partial charge on any atom is -0.496 e. The van der Waals surface area contributed by atoms with Gasteiger partial charge >= 0.3 is 7.12 Å². The summed E-state index contributed by atoms with van der Waals surface area (Å²) in [5, 5.41) is 0. The molecule has 2 aromatic rings. The largest absolute Gasteiger partial charge is 0.496 e. The number of ether oxygens (including phenoxy) is 1. The molecule has 1 saturated heterocycles. The smallest absolute Gasteiger partial charge is 0.495 e. The van der Waals surface area contributed by atoms with Crippen LogP contribution >= 0.6 is 0 Å². The lowest BCUT2D eigenvalue weighted by atomic mass is 9.78. The van der Waals surface area contributed by atoms with Gasteiger partial charge in [-0.2, -0.15) is 0 Å². The van der Waals surface area contributed by atoms with Gasteiger partial charge in [-0.3, -0.25) is 9.78 Å². The molecule has 0 bridgehead atoms. The first-order valence-electron chi connectivity index (χ1n) is 9.58. The quantitative estimate of drug-likeness (QED) is 0.742. The number of hydrogen-bond acceptors (Lipinski definition) is 5. The molecular formula is C21H24BFN2O4. The first-order valence-corrected chi connectivity index (χ1v) is 9.58. The Balaban J connectivity index is 1.61. The highest BCUT2D eigenvalue weighted by Crippen LogP contribution is 2.37. The summed E-state index contributed by atoms with van der Waals surface area (Å²) in [4.78, 5) is 18.3. The molecule has 3 heterocycles. The van der Waals surface area contributed by atoms with Crippen LogP contribution in [0, 0.1) is 5.82 Å². The van der Waals surface area contributed by atoms with Crippen LogP contribution in [-0.4, -0.2) is 41.2 Å². The molecule has 4 rings (SSSR count). The fraction of sp³-hybridized carbons (Fsp3) is 0.429. The Hall–Kier alpha value is -2.45. The van der Waals surface area contributed by atoms with Gasteiger partial charge < -0.3 is 18.9 Å². The third kappa shape index (κ3) is 3.30. The average molecular weight is 398 g/mol. The zero-order valence-electron chi connectivity index (χ0n) is 17.3. The lowest BCUT2D eigenvalue weighted by Crippen LogP contribution is -2.41. The number of pyridine rings is 1. The topological polar surface area (TPSA) is 60.9 Å². The van der Waals surface area contributed by atoms with Crippen molar-refractivity contribution in [2.24, 2.45) is 0 Å². The van der Waals surface area contributed by atoms with Gasteiger partial charge in [0.1, 0.15) is 17.3 Å². The lowest BCUT2D eigenvalue weighted by molar-refractivity contribution is 0.00578. The van der Waals surface area contributed by atoms with E-state index in [1.165, 1.54) is 13.2 Å². The molecule has 2 aliphatic heterocycles. The summed E-state index contributed by atoms with van der Waals surface area (Å²) >= 11 is 0. The molecule has 1 amide bonds. The molecule has 1 fully saturated rings. The van der Waals surface area contributed by atoms with Gasteiger partial charge in [-0.25, -0.2) is 4.39 Å². The van der Waals surface area contributed by atoms with Crippen molar-refractivity contribution in [1.82, 2.24) is 9.88 Å². The van der Waals surface area contributed by atoms with Crippen LogP contribution in [0.4, 0.5) is 4.39 Å². The maximum Gasteiger partial charge on any atom is 0.495 e. The molecule has 0 radical (unpaired) electrons. The normalized spacial score (nSPS) is 19.6. The highest BCUT2D eigenvalue weighted by atomic mass is 19.1. The van der Waals surface area contributed by atoms with Gasteiger partial charge in [0.15, 0.2) is 0 Å². The summed E-state index contributed by atoms with van der Waals surface area (Å²) in [5.74, 6) is -0.325. The van der Waals surface area contributed by atoms with E-state index < -0.39 is 24.1 Å². The second-order valence-corrected chi connectivity index (χ2v) is 8.44. The van der Waals surface area contributed by atoms with Crippen molar-refractivity contribution in [3.8, 4) is 5.75 Å². The third-order valence-electron chi connectivity index (χ3n) is 6.01. The number of halogens is 1. The Bertz CT molecular complexity index is 963. The van der Waals surface area contributed by atoms with E-state index in [1.807, 2.05) is 33.8 Å². The third-order valence-corrected chi connectivity index (χ3v) is 6.01. The van der Waals surface area contributed by atoms with Crippen LogP contribution in [0.3, 0.4) is 0 Å². The van der Waals surface area contributed by atoms with Crippen LogP contribution < -0.4 is 10.2 Å². The number of hydrogen-bond donors (Lipinski definition) is 0. The fourth-order valence-corrected chi connectivity index (χ4v) is 3.59. The second-order valence-electron chi connectivity index (χ2n) is 8.44. The van der Waals surface area contributed by atoms with E-state index in [-0.39, 0.29) is 12.5 Å². The van der Waals surface area contributed by atoms with Crippen LogP contribution in [0.2, 0.25) is 0 Å². The van der Waals surface area contributed by atoms with E-state index in [2.05, 4.69) is 4.98 Å². The molecule has 1 aromatic carbocycles. The SMILES string of the molecule is COc1cc(B2OC(C)(C)C(C)(C)O2)cc(F)c1CN1Cc2cccnc2C1=O. The maximum atomic E-state index is 15.1. The number of methoxy groups -OCH3 is 1. The van der Waals surface area contributed by atoms with Crippen molar-refractivity contribution in [3.05, 3.63) is 53.1 Å². The monoisotopic (exact) mass is 398 g/mol. The highest BCUT2D eigenvalue weighted by molar-refractivity contribution is 6.62. The zero-order valence-corrected chi connectivity index (χ0v) is 17.3. The van der Waals surface area contributed by atoms with Crippen LogP contribution in [0.1, 0.15) is 49.3 Å². The summed E-state index contributed by atoms with van der Waals surface area (Å²) < 4.78 is 32.6. The van der Waals surface area contributed by atoms with Gasteiger partial charge in [0.05, 0.1) is 24.9 Å². The summed E-state index contributed by atoms with van der Waals surface area (Å²) in [7, 11) is 0.785. The molecule has 8 heteroatoms. The molecular weight excluding hydrogens is 374 g/mol. The summed E-state index contributed by atoms with van der Waals surface area (Å²) in [5.41, 5.74) is 1.06.